The van der Waals surface area contributed by atoms with Crippen molar-refractivity contribution in [3.63, 3.8) is 0 Å². The fraction of sp³-hybridized carbons (Fsp3) is 0.400. The van der Waals surface area contributed by atoms with Crippen molar-refractivity contribution in [1.29, 1.82) is 0 Å². The summed E-state index contributed by atoms with van der Waals surface area (Å²) < 4.78 is 1.05. The fourth-order valence-electron chi connectivity index (χ4n) is 1.02. The molecule has 2 N–H and O–H groups in total. The molecule has 0 atom stereocenters. The van der Waals surface area contributed by atoms with Gasteiger partial charge in [0.1, 0.15) is 0 Å². The van der Waals surface area contributed by atoms with Crippen molar-refractivity contribution in [3.8, 4) is 0 Å². The molecule has 0 bridgehead atoms. The number of rotatable bonds is 5. The highest BCUT2D eigenvalue weighted by atomic mass is 127. The second kappa shape index (κ2) is 6.85. The van der Waals surface area contributed by atoms with E-state index in [2.05, 4.69) is 33.2 Å². The van der Waals surface area contributed by atoms with Gasteiger partial charge in [-0.05, 0) is 35.1 Å². The molecule has 2 amide bonds. The summed E-state index contributed by atoms with van der Waals surface area (Å²) in [4.78, 5) is 22.8. The summed E-state index contributed by atoms with van der Waals surface area (Å²) in [5.74, 6) is -0.356. The molecule has 0 saturated carbocycles. The summed E-state index contributed by atoms with van der Waals surface area (Å²) in [5, 5.41) is 7.04. The fourth-order valence-corrected chi connectivity index (χ4v) is 2.35. The van der Waals surface area contributed by atoms with Crippen LogP contribution in [0.1, 0.15) is 23.7 Å². The number of thiophene rings is 1. The number of halogens is 1. The van der Waals surface area contributed by atoms with Gasteiger partial charge in [-0.25, -0.2) is 0 Å². The Balaban J connectivity index is 2.33. The third kappa shape index (κ3) is 4.48. The number of amides is 2. The molecule has 0 aromatic carbocycles. The van der Waals surface area contributed by atoms with E-state index in [9.17, 15) is 9.59 Å². The number of hydrogen-bond donors (Lipinski definition) is 2. The van der Waals surface area contributed by atoms with Gasteiger partial charge in [-0.15, -0.1) is 11.3 Å². The van der Waals surface area contributed by atoms with E-state index in [4.69, 9.17) is 0 Å². The van der Waals surface area contributed by atoms with Gasteiger partial charge in [0.25, 0.3) is 5.91 Å². The molecule has 4 nitrogen and oxygen atoms in total. The Morgan fingerprint density at radius 3 is 2.75 bits per heavy atom. The van der Waals surface area contributed by atoms with Crippen LogP contribution in [0.3, 0.4) is 0 Å². The highest BCUT2D eigenvalue weighted by Crippen LogP contribution is 2.16. The van der Waals surface area contributed by atoms with Crippen LogP contribution in [0.4, 0.5) is 0 Å². The Bertz CT molecular complexity index is 379. The lowest BCUT2D eigenvalue weighted by Crippen LogP contribution is -2.37. The molecule has 0 spiro atoms. The molecule has 0 radical (unpaired) electrons. The highest BCUT2D eigenvalue weighted by molar-refractivity contribution is 14.1. The van der Waals surface area contributed by atoms with Gasteiger partial charge in [0.2, 0.25) is 5.91 Å². The first-order valence-electron chi connectivity index (χ1n) is 4.92. The summed E-state index contributed by atoms with van der Waals surface area (Å²) in [6.07, 6.45) is 0.891. The number of carbonyl (C=O) groups is 2. The Morgan fingerprint density at radius 1 is 1.44 bits per heavy atom. The number of nitrogens with one attached hydrogen (secondary N) is 2. The van der Waals surface area contributed by atoms with Gasteiger partial charge in [0.15, 0.2) is 0 Å². The van der Waals surface area contributed by atoms with Gasteiger partial charge in [0.05, 0.1) is 15.0 Å². The monoisotopic (exact) mass is 352 g/mol. The van der Waals surface area contributed by atoms with Gasteiger partial charge < -0.3 is 10.6 Å². The van der Waals surface area contributed by atoms with Crippen molar-refractivity contribution in [2.75, 3.05) is 13.1 Å². The van der Waals surface area contributed by atoms with Crippen molar-refractivity contribution in [1.82, 2.24) is 10.6 Å². The molecule has 88 valence electrons. The lowest BCUT2D eigenvalue weighted by Gasteiger charge is -2.04. The molecule has 0 saturated heterocycles. The largest absolute Gasteiger partial charge is 0.355 e. The standard InChI is InChI=1S/C10H13IN2O2S/c1-2-3-12-9(14)5-13-10(15)7-4-8(11)16-6-7/h4,6H,2-3,5H2,1H3,(H,12,14)(H,13,15). The minimum atomic E-state index is -0.203. The Hall–Kier alpha value is -0.630. The van der Waals surface area contributed by atoms with Crippen molar-refractivity contribution in [3.05, 3.63) is 19.9 Å². The molecule has 6 heteroatoms. The van der Waals surface area contributed by atoms with E-state index in [0.717, 1.165) is 9.30 Å². The lowest BCUT2D eigenvalue weighted by molar-refractivity contribution is -0.120. The molecular weight excluding hydrogens is 339 g/mol. The summed E-state index contributed by atoms with van der Waals surface area (Å²) in [5.41, 5.74) is 0.609. The van der Waals surface area contributed by atoms with E-state index < -0.39 is 0 Å². The smallest absolute Gasteiger partial charge is 0.252 e. The van der Waals surface area contributed by atoms with E-state index in [0.29, 0.717) is 12.1 Å². The van der Waals surface area contributed by atoms with Crippen molar-refractivity contribution >= 4 is 45.7 Å². The minimum Gasteiger partial charge on any atom is -0.355 e. The van der Waals surface area contributed by atoms with E-state index in [1.165, 1.54) is 11.3 Å². The molecule has 16 heavy (non-hydrogen) atoms. The summed E-state index contributed by atoms with van der Waals surface area (Å²) >= 11 is 3.66. The second-order valence-electron chi connectivity index (χ2n) is 3.17. The topological polar surface area (TPSA) is 58.2 Å². The normalized spacial score (nSPS) is 9.88. The van der Waals surface area contributed by atoms with Crippen LogP contribution in [0, 0.1) is 2.88 Å². The number of carbonyl (C=O) groups excluding carboxylic acids is 2. The number of hydrogen-bond acceptors (Lipinski definition) is 3. The Morgan fingerprint density at radius 2 is 2.19 bits per heavy atom. The van der Waals surface area contributed by atoms with Crippen LogP contribution < -0.4 is 10.6 Å². The first-order valence-corrected chi connectivity index (χ1v) is 6.88. The predicted octanol–water partition coefficient (Wildman–Crippen LogP) is 1.61. The molecule has 0 fully saturated rings. The van der Waals surface area contributed by atoms with E-state index in [-0.39, 0.29) is 18.4 Å². The molecule has 0 aliphatic heterocycles. The van der Waals surface area contributed by atoms with Gasteiger partial charge in [-0.2, -0.15) is 0 Å². The third-order valence-electron chi connectivity index (χ3n) is 1.81. The molecule has 1 heterocycles. The van der Waals surface area contributed by atoms with Crippen molar-refractivity contribution in [2.45, 2.75) is 13.3 Å². The first-order chi connectivity index (χ1) is 7.63. The Kier molecular flexibility index (Phi) is 5.75. The molecule has 0 unspecified atom stereocenters. The van der Waals surface area contributed by atoms with Gasteiger partial charge in [-0.3, -0.25) is 9.59 Å². The van der Waals surface area contributed by atoms with Gasteiger partial charge in [-0.1, -0.05) is 6.92 Å². The average Bonchev–Trinajstić information content (AvgIpc) is 2.69. The van der Waals surface area contributed by atoms with Crippen molar-refractivity contribution in [2.24, 2.45) is 0 Å². The van der Waals surface area contributed by atoms with E-state index >= 15 is 0 Å². The minimum absolute atomic E-state index is 0.0330. The molecule has 1 aromatic heterocycles. The van der Waals surface area contributed by atoms with Gasteiger partial charge >= 0.3 is 0 Å². The van der Waals surface area contributed by atoms with Crippen LogP contribution in [-0.4, -0.2) is 24.9 Å². The average molecular weight is 352 g/mol. The molecule has 1 aromatic rings. The zero-order valence-electron chi connectivity index (χ0n) is 8.88. The first kappa shape index (κ1) is 13.4. The van der Waals surface area contributed by atoms with Crippen LogP contribution in [0.2, 0.25) is 0 Å². The highest BCUT2D eigenvalue weighted by Gasteiger charge is 2.08. The van der Waals surface area contributed by atoms with Crippen LogP contribution >= 0.6 is 33.9 Å². The van der Waals surface area contributed by atoms with Crippen LogP contribution in [0.25, 0.3) is 0 Å². The molecule has 0 aliphatic carbocycles. The molecular formula is C10H13IN2O2S. The molecule has 0 aliphatic rings. The zero-order valence-corrected chi connectivity index (χ0v) is 11.9. The van der Waals surface area contributed by atoms with Crippen molar-refractivity contribution < 1.29 is 9.59 Å². The Labute approximate surface area is 112 Å². The maximum atomic E-state index is 11.5. The van der Waals surface area contributed by atoms with Crippen LogP contribution in [-0.2, 0) is 4.79 Å². The maximum Gasteiger partial charge on any atom is 0.252 e. The maximum absolute atomic E-state index is 11.5. The quantitative estimate of drug-likeness (QED) is 0.791. The van der Waals surface area contributed by atoms with Gasteiger partial charge in [0, 0.05) is 11.9 Å². The third-order valence-corrected chi connectivity index (χ3v) is 3.60. The SMILES string of the molecule is CCCNC(=O)CNC(=O)c1csc(I)c1. The summed E-state index contributed by atoms with van der Waals surface area (Å²) in [7, 11) is 0. The molecule has 1 rings (SSSR count). The second-order valence-corrected chi connectivity index (χ2v) is 5.98. The summed E-state index contributed by atoms with van der Waals surface area (Å²) in [6.45, 7) is 2.66. The van der Waals surface area contributed by atoms with E-state index in [1.807, 2.05) is 6.92 Å². The predicted molar refractivity (Wildman–Crippen MR) is 72.7 cm³/mol. The zero-order chi connectivity index (χ0) is 12.0. The summed E-state index contributed by atoms with van der Waals surface area (Å²) in [6, 6.07) is 1.80. The van der Waals surface area contributed by atoms with Crippen LogP contribution in [0.5, 0.6) is 0 Å². The lowest BCUT2D eigenvalue weighted by atomic mass is 10.3. The van der Waals surface area contributed by atoms with Crippen LogP contribution in [0.15, 0.2) is 11.4 Å². The van der Waals surface area contributed by atoms with E-state index in [1.54, 1.807) is 11.4 Å².